The molecular formula is C18H22LiOP. The molecule has 21 heavy (non-hydrogen) atoms. The van der Waals surface area contributed by atoms with Crippen LogP contribution in [-0.2, 0) is 0 Å². The van der Waals surface area contributed by atoms with E-state index in [9.17, 15) is 4.79 Å². The quantitative estimate of drug-likeness (QED) is 0.480. The Morgan fingerprint density at radius 2 is 1.48 bits per heavy atom. The summed E-state index contributed by atoms with van der Waals surface area (Å²) in [4.78, 5) is 11.1. The molecule has 0 radical (unpaired) electrons. The van der Waals surface area contributed by atoms with E-state index in [-0.39, 0.29) is 26.8 Å². The molecule has 0 aromatic heterocycles. The van der Waals surface area contributed by atoms with Crippen molar-refractivity contribution < 1.29 is 4.79 Å². The van der Waals surface area contributed by atoms with Crippen molar-refractivity contribution in [2.75, 3.05) is 0 Å². The molecule has 0 saturated heterocycles. The van der Waals surface area contributed by atoms with Crippen molar-refractivity contribution in [1.82, 2.24) is 0 Å². The van der Waals surface area contributed by atoms with Gasteiger partial charge in [-0.1, -0.05) is 56.3 Å². The van der Waals surface area contributed by atoms with Crippen LogP contribution < -0.4 is 10.6 Å². The molecule has 0 N–H and O–H groups in total. The molecule has 0 aliphatic carbocycles. The second kappa shape index (κ2) is 7.95. The van der Waals surface area contributed by atoms with Gasteiger partial charge in [-0.25, -0.2) is 0 Å². The van der Waals surface area contributed by atoms with Gasteiger partial charge in [0.25, 0.3) is 0 Å². The topological polar surface area (TPSA) is 17.1 Å². The predicted molar refractivity (Wildman–Crippen MR) is 96.2 cm³/mol. The van der Waals surface area contributed by atoms with E-state index in [1.807, 2.05) is 13.8 Å². The average molecular weight is 292 g/mol. The van der Waals surface area contributed by atoms with Crippen LogP contribution in [0.1, 0.15) is 35.3 Å². The van der Waals surface area contributed by atoms with E-state index in [0.717, 1.165) is 23.0 Å². The molecule has 0 saturated carbocycles. The monoisotopic (exact) mass is 292 g/mol. The van der Waals surface area contributed by atoms with Crippen LogP contribution in [0, 0.1) is 13.8 Å². The zero-order valence-corrected chi connectivity index (χ0v) is 13.4. The van der Waals surface area contributed by atoms with Crippen LogP contribution in [-0.4, -0.2) is 30.8 Å². The fourth-order valence-corrected chi connectivity index (χ4v) is 5.26. The zero-order valence-electron chi connectivity index (χ0n) is 12.6. The Kier molecular flexibility index (Phi) is 6.89. The number of carbonyl (C=O) groups excluding carboxylic acids is 1. The number of rotatable bonds is 4. The fraction of sp³-hybridized carbons (Fsp3) is 0.278. The van der Waals surface area contributed by atoms with Crippen LogP contribution in [0.25, 0.3) is 0 Å². The number of aryl methyl sites for hydroxylation is 2. The van der Waals surface area contributed by atoms with Crippen molar-refractivity contribution in [3.05, 3.63) is 59.2 Å². The molecule has 2 aromatic rings. The Bertz CT molecular complexity index is 585. The van der Waals surface area contributed by atoms with Crippen LogP contribution in [0.2, 0.25) is 0 Å². The van der Waals surface area contributed by atoms with Crippen molar-refractivity contribution in [3.8, 4) is 0 Å². The number of carbonyl (C=O) groups is 1. The van der Waals surface area contributed by atoms with Crippen LogP contribution >= 0.6 is 7.92 Å². The maximum absolute atomic E-state index is 11.1. The van der Waals surface area contributed by atoms with Gasteiger partial charge < -0.3 is 0 Å². The van der Waals surface area contributed by atoms with E-state index < -0.39 is 0 Å². The van der Waals surface area contributed by atoms with Crippen LogP contribution in [0.15, 0.2) is 42.5 Å². The molecule has 1 nitrogen and oxygen atoms in total. The maximum atomic E-state index is 11.1. The number of hydrogen-bond donors (Lipinski definition) is 0. The van der Waals surface area contributed by atoms with Crippen molar-refractivity contribution in [2.24, 2.45) is 0 Å². The van der Waals surface area contributed by atoms with Gasteiger partial charge in [-0.05, 0) is 49.2 Å². The number of benzene rings is 2. The van der Waals surface area contributed by atoms with Crippen molar-refractivity contribution >= 4 is 43.7 Å². The molecule has 0 amide bonds. The minimum atomic E-state index is -0.376. The number of hydrogen-bond acceptors (Lipinski definition) is 1. The van der Waals surface area contributed by atoms with E-state index in [1.54, 1.807) is 0 Å². The van der Waals surface area contributed by atoms with Gasteiger partial charge >= 0.3 is 18.9 Å². The third kappa shape index (κ3) is 4.08. The minimum absolute atomic E-state index is 0. The van der Waals surface area contributed by atoms with E-state index in [4.69, 9.17) is 0 Å². The first-order valence-electron chi connectivity index (χ1n) is 6.95. The second-order valence-electron chi connectivity index (χ2n) is 5.41. The molecule has 0 spiro atoms. The van der Waals surface area contributed by atoms with Gasteiger partial charge in [-0.2, -0.15) is 0 Å². The first-order chi connectivity index (χ1) is 9.54. The summed E-state index contributed by atoms with van der Waals surface area (Å²) in [6.07, 6.45) is 0.967. The molecule has 1 atom stereocenters. The average Bonchev–Trinajstić information content (AvgIpc) is 2.39. The summed E-state index contributed by atoms with van der Waals surface area (Å²) in [6.45, 7) is 8.60. The van der Waals surface area contributed by atoms with Gasteiger partial charge in [0.1, 0.15) is 0 Å². The second-order valence-corrected chi connectivity index (χ2v) is 8.22. The van der Waals surface area contributed by atoms with Gasteiger partial charge in [-0.3, -0.25) is 4.79 Å². The summed E-state index contributed by atoms with van der Waals surface area (Å²) in [5.74, 6) is 0. The van der Waals surface area contributed by atoms with Gasteiger partial charge in [-0.15, -0.1) is 0 Å². The Balaban J connectivity index is 0.00000220. The third-order valence-electron chi connectivity index (χ3n) is 3.53. The summed E-state index contributed by atoms with van der Waals surface area (Å²) in [7, 11) is -0.376. The molecule has 106 valence electrons. The molecule has 3 heteroatoms. The van der Waals surface area contributed by atoms with E-state index in [1.165, 1.54) is 10.6 Å². The summed E-state index contributed by atoms with van der Waals surface area (Å²) in [6, 6.07) is 15.1. The van der Waals surface area contributed by atoms with Gasteiger partial charge in [0.2, 0.25) is 0 Å². The van der Waals surface area contributed by atoms with Gasteiger partial charge in [0.15, 0.2) is 6.29 Å². The van der Waals surface area contributed by atoms with Gasteiger partial charge in [0, 0.05) is 5.56 Å². The van der Waals surface area contributed by atoms with Crippen LogP contribution in [0.4, 0.5) is 0 Å². The molecule has 0 aliphatic heterocycles. The Morgan fingerprint density at radius 3 is 1.90 bits per heavy atom. The number of aldehydes is 1. The fourth-order valence-electron chi connectivity index (χ4n) is 2.61. The summed E-state index contributed by atoms with van der Waals surface area (Å²) >= 11 is 0. The first-order valence-corrected chi connectivity index (χ1v) is 8.36. The predicted octanol–water partition coefficient (Wildman–Crippen LogP) is 3.31. The van der Waals surface area contributed by atoms with Crippen molar-refractivity contribution in [3.63, 3.8) is 0 Å². The summed E-state index contributed by atoms with van der Waals surface area (Å²) in [5.41, 5.74) is 3.58. The summed E-state index contributed by atoms with van der Waals surface area (Å²) < 4.78 is 0. The normalized spacial score (nSPS) is 11.9. The summed E-state index contributed by atoms with van der Waals surface area (Å²) in [5, 5.41) is 2.76. The van der Waals surface area contributed by atoms with Crippen molar-refractivity contribution in [1.29, 1.82) is 0 Å². The molecule has 0 aliphatic rings. The van der Waals surface area contributed by atoms with E-state index in [2.05, 4.69) is 56.3 Å². The molecule has 0 heterocycles. The van der Waals surface area contributed by atoms with Crippen LogP contribution in [0.3, 0.4) is 0 Å². The first kappa shape index (κ1) is 18.2. The molecule has 2 rings (SSSR count). The van der Waals surface area contributed by atoms with E-state index in [0.29, 0.717) is 5.66 Å². The molecular weight excluding hydrogens is 270 g/mol. The Hall–Kier alpha value is -0.863. The van der Waals surface area contributed by atoms with Crippen molar-refractivity contribution in [2.45, 2.75) is 33.4 Å². The molecule has 1 unspecified atom stereocenters. The molecule has 2 aromatic carbocycles. The third-order valence-corrected chi connectivity index (χ3v) is 6.23. The Morgan fingerprint density at radius 1 is 0.952 bits per heavy atom. The van der Waals surface area contributed by atoms with Gasteiger partial charge in [0.05, 0.1) is 0 Å². The molecule has 0 fully saturated rings. The zero-order chi connectivity index (χ0) is 14.7. The molecule has 0 bridgehead atoms. The Labute approximate surface area is 141 Å². The SMILES string of the molecule is Cc1cc(P(c2ccccc2)C(C)C)cc(C)c1C=O.[LiH]. The van der Waals surface area contributed by atoms with Crippen LogP contribution in [0.5, 0.6) is 0 Å². The standard InChI is InChI=1S/C18H21OP.Li.H/c1-13(2)20(16-8-6-5-7-9-16)17-10-14(3)18(12-19)15(4)11-17;;/h5-13H,1-4H3;;. The van der Waals surface area contributed by atoms with E-state index >= 15 is 0 Å².